The van der Waals surface area contributed by atoms with Crippen molar-refractivity contribution in [2.45, 2.75) is 39.5 Å². The summed E-state index contributed by atoms with van der Waals surface area (Å²) in [5.41, 5.74) is 3.48. The van der Waals surface area contributed by atoms with E-state index in [2.05, 4.69) is 39.3 Å². The number of nitrogens with one attached hydrogen (secondary N) is 2. The molecule has 0 spiro atoms. The molecule has 2 N–H and O–H groups in total. The lowest BCUT2D eigenvalue weighted by molar-refractivity contribution is 0.0966. The van der Waals surface area contributed by atoms with Crippen LogP contribution in [0.2, 0.25) is 0 Å². The Balaban J connectivity index is 1.55. The van der Waals surface area contributed by atoms with Gasteiger partial charge in [0, 0.05) is 25.3 Å². The number of pyridine rings is 2. The minimum absolute atomic E-state index is 0.125. The molecular weight excluding hydrogens is 400 g/mol. The lowest BCUT2D eigenvalue weighted by atomic mass is 10.1. The lowest BCUT2D eigenvalue weighted by Crippen LogP contribution is -2.24. The molecular formula is C23H21F2N5O. The van der Waals surface area contributed by atoms with Gasteiger partial charge in [-0.3, -0.25) is 9.69 Å². The van der Waals surface area contributed by atoms with Crippen molar-refractivity contribution in [3.8, 4) is 11.3 Å². The number of fused-ring (bicyclic) bond motifs is 2. The van der Waals surface area contributed by atoms with E-state index in [-0.39, 0.29) is 23.7 Å². The quantitative estimate of drug-likeness (QED) is 0.663. The Labute approximate surface area is 178 Å². The zero-order valence-electron chi connectivity index (χ0n) is 17.2. The van der Waals surface area contributed by atoms with Gasteiger partial charge in [0.15, 0.2) is 0 Å². The molecule has 0 radical (unpaired) electrons. The van der Waals surface area contributed by atoms with E-state index in [0.29, 0.717) is 28.8 Å². The fraction of sp³-hybridized carbons (Fsp3) is 0.261. The van der Waals surface area contributed by atoms with Crippen molar-refractivity contribution in [2.75, 3.05) is 5.32 Å². The van der Waals surface area contributed by atoms with Crippen molar-refractivity contribution in [3.05, 3.63) is 70.5 Å². The van der Waals surface area contributed by atoms with E-state index in [0.717, 1.165) is 13.1 Å². The van der Waals surface area contributed by atoms with E-state index in [1.165, 1.54) is 35.4 Å². The summed E-state index contributed by atoms with van der Waals surface area (Å²) in [5.74, 6) is -1.13. The molecule has 2 aliphatic rings. The highest BCUT2D eigenvalue weighted by Gasteiger charge is 2.28. The van der Waals surface area contributed by atoms with Gasteiger partial charge in [0.05, 0.1) is 34.7 Å². The predicted molar refractivity (Wildman–Crippen MR) is 113 cm³/mol. The van der Waals surface area contributed by atoms with Crippen molar-refractivity contribution in [1.29, 1.82) is 0 Å². The van der Waals surface area contributed by atoms with E-state index < -0.39 is 11.6 Å². The molecule has 1 amide bonds. The van der Waals surface area contributed by atoms with Crippen molar-refractivity contribution >= 4 is 17.4 Å². The Morgan fingerprint density at radius 3 is 2.58 bits per heavy atom. The summed E-state index contributed by atoms with van der Waals surface area (Å²) >= 11 is 0. The van der Waals surface area contributed by atoms with Gasteiger partial charge in [-0.25, -0.2) is 18.7 Å². The number of rotatable bonds is 4. The zero-order chi connectivity index (χ0) is 21.7. The zero-order valence-corrected chi connectivity index (χ0v) is 17.2. The first-order chi connectivity index (χ1) is 14.9. The molecule has 5 rings (SSSR count). The third kappa shape index (κ3) is 3.42. The molecule has 0 fully saturated rings. The lowest BCUT2D eigenvalue weighted by Gasteiger charge is -2.18. The maximum Gasteiger partial charge on any atom is 0.255 e. The van der Waals surface area contributed by atoms with Crippen LogP contribution < -0.4 is 10.6 Å². The highest BCUT2D eigenvalue weighted by molar-refractivity contribution is 6.04. The molecule has 0 bridgehead atoms. The van der Waals surface area contributed by atoms with Crippen LogP contribution in [0.15, 0.2) is 36.5 Å². The minimum atomic E-state index is -0.708. The molecule has 0 saturated heterocycles. The van der Waals surface area contributed by atoms with Crippen molar-refractivity contribution < 1.29 is 13.6 Å². The Kier molecular flexibility index (Phi) is 4.66. The monoisotopic (exact) mass is 421 g/mol. The summed E-state index contributed by atoms with van der Waals surface area (Å²) in [6.45, 7) is 6.18. The average molecular weight is 421 g/mol. The van der Waals surface area contributed by atoms with Crippen LogP contribution in [0.4, 0.5) is 20.3 Å². The van der Waals surface area contributed by atoms with E-state index >= 15 is 0 Å². The van der Waals surface area contributed by atoms with Crippen LogP contribution >= 0.6 is 0 Å². The number of hydrogen-bond donors (Lipinski definition) is 2. The molecule has 0 saturated carbocycles. The largest absolute Gasteiger partial charge is 0.346 e. The SMILES string of the molecule is CC(C)N1Cc2cnc(Nc3cc(-c4c(F)cccc4F)nc4c3C(=O)NC4)cc2C1. The summed E-state index contributed by atoms with van der Waals surface area (Å²) in [4.78, 5) is 23.6. The molecule has 0 unspecified atom stereocenters. The summed E-state index contributed by atoms with van der Waals surface area (Å²) in [6.07, 6.45) is 1.83. The summed E-state index contributed by atoms with van der Waals surface area (Å²) < 4.78 is 28.8. The Morgan fingerprint density at radius 1 is 1.10 bits per heavy atom. The Morgan fingerprint density at radius 2 is 1.84 bits per heavy atom. The maximum absolute atomic E-state index is 14.4. The number of amides is 1. The van der Waals surface area contributed by atoms with Gasteiger partial charge in [0.1, 0.15) is 17.5 Å². The summed E-state index contributed by atoms with van der Waals surface area (Å²) in [5, 5.41) is 5.91. The van der Waals surface area contributed by atoms with E-state index in [9.17, 15) is 13.6 Å². The molecule has 0 atom stereocenters. The van der Waals surface area contributed by atoms with Gasteiger partial charge in [-0.05, 0) is 49.2 Å². The van der Waals surface area contributed by atoms with Gasteiger partial charge >= 0.3 is 0 Å². The summed E-state index contributed by atoms with van der Waals surface area (Å²) in [6, 6.07) is 7.56. The first kappa shape index (κ1) is 19.6. The first-order valence-corrected chi connectivity index (χ1v) is 10.2. The average Bonchev–Trinajstić information content (AvgIpc) is 3.31. The number of carbonyl (C=O) groups excluding carboxylic acids is 1. The van der Waals surface area contributed by atoms with Gasteiger partial charge in [0.2, 0.25) is 0 Å². The first-order valence-electron chi connectivity index (χ1n) is 10.2. The fourth-order valence-electron chi connectivity index (χ4n) is 4.08. The second-order valence-electron chi connectivity index (χ2n) is 8.12. The predicted octanol–water partition coefficient (Wildman–Crippen LogP) is 4.13. The molecule has 8 heteroatoms. The molecule has 3 aromatic rings. The third-order valence-corrected chi connectivity index (χ3v) is 5.78. The topological polar surface area (TPSA) is 70.2 Å². The number of carbonyl (C=O) groups is 1. The maximum atomic E-state index is 14.4. The normalized spacial score (nSPS) is 15.2. The second-order valence-corrected chi connectivity index (χ2v) is 8.12. The number of halogens is 2. The van der Waals surface area contributed by atoms with Gasteiger partial charge in [-0.1, -0.05) is 6.07 Å². The van der Waals surface area contributed by atoms with E-state index in [4.69, 9.17) is 0 Å². The van der Waals surface area contributed by atoms with Gasteiger partial charge < -0.3 is 10.6 Å². The van der Waals surface area contributed by atoms with Crippen molar-refractivity contribution in [3.63, 3.8) is 0 Å². The molecule has 2 aliphatic heterocycles. The third-order valence-electron chi connectivity index (χ3n) is 5.78. The van der Waals surface area contributed by atoms with Crippen LogP contribution in [0.25, 0.3) is 11.3 Å². The molecule has 158 valence electrons. The highest BCUT2D eigenvalue weighted by Crippen LogP contribution is 2.34. The number of benzene rings is 1. The number of aromatic nitrogens is 2. The molecule has 0 aliphatic carbocycles. The van der Waals surface area contributed by atoms with Gasteiger partial charge in [0.25, 0.3) is 5.91 Å². The van der Waals surface area contributed by atoms with Crippen LogP contribution in [-0.2, 0) is 19.6 Å². The van der Waals surface area contributed by atoms with Crippen LogP contribution in [0.5, 0.6) is 0 Å². The summed E-state index contributed by atoms with van der Waals surface area (Å²) in [7, 11) is 0. The van der Waals surface area contributed by atoms with Crippen molar-refractivity contribution in [1.82, 2.24) is 20.2 Å². The molecule has 6 nitrogen and oxygen atoms in total. The Bertz CT molecular complexity index is 1190. The second kappa shape index (κ2) is 7.39. The number of hydrogen-bond acceptors (Lipinski definition) is 5. The van der Waals surface area contributed by atoms with Gasteiger partial charge in [-0.2, -0.15) is 0 Å². The molecule has 2 aromatic heterocycles. The molecule has 4 heterocycles. The van der Waals surface area contributed by atoms with E-state index in [1.54, 1.807) is 0 Å². The van der Waals surface area contributed by atoms with Crippen LogP contribution in [0, 0.1) is 11.6 Å². The van der Waals surface area contributed by atoms with Gasteiger partial charge in [-0.15, -0.1) is 0 Å². The van der Waals surface area contributed by atoms with Crippen LogP contribution in [-0.4, -0.2) is 26.8 Å². The standard InChI is InChI=1S/C23H21F2N5O/c1-12(2)30-10-13-6-20(26-8-14(13)11-30)29-18-7-17(21-15(24)4-3-5-16(21)25)28-19-9-27-23(31)22(18)19/h3-8,12H,9-11H2,1-2H3,(H,27,31)(H,26,28,29). The number of nitrogens with zero attached hydrogens (tertiary/aromatic N) is 3. The molecule has 31 heavy (non-hydrogen) atoms. The van der Waals surface area contributed by atoms with E-state index in [1.807, 2.05) is 12.3 Å². The minimum Gasteiger partial charge on any atom is -0.346 e. The fourth-order valence-corrected chi connectivity index (χ4v) is 4.08. The van der Waals surface area contributed by atoms with Crippen molar-refractivity contribution in [2.24, 2.45) is 0 Å². The van der Waals surface area contributed by atoms with Crippen LogP contribution in [0.3, 0.4) is 0 Å². The van der Waals surface area contributed by atoms with Crippen LogP contribution in [0.1, 0.15) is 41.0 Å². The molecule has 1 aromatic carbocycles. The Hall–Kier alpha value is -3.39. The number of anilines is 2. The highest BCUT2D eigenvalue weighted by atomic mass is 19.1. The smallest absolute Gasteiger partial charge is 0.255 e.